The van der Waals surface area contributed by atoms with Crippen LogP contribution in [0.25, 0.3) is 0 Å². The third kappa shape index (κ3) is 6.57. The average Bonchev–Trinajstić information content (AvgIpc) is 2.83. The Labute approximate surface area is 203 Å². The van der Waals surface area contributed by atoms with Gasteiger partial charge in [-0.2, -0.15) is 9.41 Å². The van der Waals surface area contributed by atoms with Crippen LogP contribution in [-0.2, 0) is 21.4 Å². The average molecular weight is 502 g/mol. The number of hydrogen-bond donors (Lipinski definition) is 1. The van der Waals surface area contributed by atoms with Gasteiger partial charge >= 0.3 is 0 Å². The zero-order valence-electron chi connectivity index (χ0n) is 18.6. The van der Waals surface area contributed by atoms with Crippen molar-refractivity contribution in [1.29, 1.82) is 0 Å². The third-order valence-corrected chi connectivity index (χ3v) is 6.79. The Morgan fingerprint density at radius 1 is 1.00 bits per heavy atom. The zero-order chi connectivity index (χ0) is 24.6. The summed E-state index contributed by atoms with van der Waals surface area (Å²) in [4.78, 5) is 12.6. The van der Waals surface area contributed by atoms with Crippen LogP contribution in [0.5, 0.6) is 11.5 Å². The number of carbonyl (C=O) groups is 1. The molecule has 0 radical (unpaired) electrons. The van der Waals surface area contributed by atoms with Gasteiger partial charge in [0.15, 0.2) is 11.5 Å². The van der Waals surface area contributed by atoms with Gasteiger partial charge in [-0.05, 0) is 35.4 Å². The van der Waals surface area contributed by atoms with E-state index < -0.39 is 22.5 Å². The number of nitrogens with zero attached hydrogens (tertiary/aromatic N) is 2. The molecule has 0 unspecified atom stereocenters. The Bertz CT molecular complexity index is 1270. The number of rotatable bonds is 10. The summed E-state index contributed by atoms with van der Waals surface area (Å²) in [6.07, 6.45) is 1.42. The zero-order valence-corrected chi connectivity index (χ0v) is 20.2. The van der Waals surface area contributed by atoms with Crippen LogP contribution in [0, 0.1) is 0 Å². The van der Waals surface area contributed by atoms with Crippen LogP contribution in [0.3, 0.4) is 0 Å². The molecule has 34 heavy (non-hydrogen) atoms. The Morgan fingerprint density at radius 2 is 1.74 bits per heavy atom. The predicted octanol–water partition coefficient (Wildman–Crippen LogP) is 3.70. The van der Waals surface area contributed by atoms with Crippen molar-refractivity contribution in [2.45, 2.75) is 11.4 Å². The summed E-state index contributed by atoms with van der Waals surface area (Å²) >= 11 is 5.94. The van der Waals surface area contributed by atoms with Gasteiger partial charge in [-0.1, -0.05) is 54.1 Å². The molecule has 1 amide bonds. The maximum Gasteiger partial charge on any atom is 0.255 e. The van der Waals surface area contributed by atoms with Crippen LogP contribution in [0.15, 0.2) is 82.8 Å². The number of amides is 1. The molecule has 0 aliphatic rings. The van der Waals surface area contributed by atoms with Crippen LogP contribution in [0.2, 0.25) is 5.02 Å². The second-order valence-electron chi connectivity index (χ2n) is 7.12. The van der Waals surface area contributed by atoms with E-state index in [4.69, 9.17) is 21.1 Å². The lowest BCUT2D eigenvalue weighted by molar-refractivity contribution is -0.121. The molecule has 3 rings (SSSR count). The fraction of sp³-hybridized carbons (Fsp3) is 0.167. The van der Waals surface area contributed by atoms with Crippen molar-refractivity contribution in [2.75, 3.05) is 20.8 Å². The second-order valence-corrected chi connectivity index (χ2v) is 9.50. The number of carbonyl (C=O) groups excluding carboxylic acids is 1. The highest BCUT2D eigenvalue weighted by Crippen LogP contribution is 2.31. The van der Waals surface area contributed by atoms with Crippen molar-refractivity contribution in [3.63, 3.8) is 0 Å². The number of halogens is 1. The van der Waals surface area contributed by atoms with Crippen molar-refractivity contribution in [3.05, 3.63) is 88.9 Å². The first-order chi connectivity index (χ1) is 16.3. The first-order valence-corrected chi connectivity index (χ1v) is 12.0. The molecule has 0 aromatic heterocycles. The van der Waals surface area contributed by atoms with Gasteiger partial charge in [-0.15, -0.1) is 0 Å². The topological polar surface area (TPSA) is 97.3 Å². The summed E-state index contributed by atoms with van der Waals surface area (Å²) in [5.74, 6) is 0.0567. The highest BCUT2D eigenvalue weighted by atomic mass is 35.5. The number of ether oxygens (including phenoxy) is 2. The van der Waals surface area contributed by atoms with E-state index >= 15 is 0 Å². The van der Waals surface area contributed by atoms with Crippen molar-refractivity contribution in [2.24, 2.45) is 5.10 Å². The van der Waals surface area contributed by atoms with E-state index in [1.807, 2.05) is 6.07 Å². The second kappa shape index (κ2) is 11.6. The number of hydrogen-bond acceptors (Lipinski definition) is 6. The standard InChI is InChI=1S/C24H24ClN3O5S/c1-32-22-12-11-21(14-23(22)33-2)34(30,31)28(16-18-7-4-3-5-8-18)17-24(29)27-26-15-19-9-6-10-20(25)13-19/h3-15H,16-17H2,1-2H3,(H,27,29)/b26-15-. The monoisotopic (exact) mass is 501 g/mol. The molecule has 0 heterocycles. The van der Waals surface area contributed by atoms with E-state index in [0.717, 1.165) is 9.87 Å². The largest absolute Gasteiger partial charge is 0.493 e. The van der Waals surface area contributed by atoms with Gasteiger partial charge in [-0.3, -0.25) is 4.79 Å². The fourth-order valence-electron chi connectivity index (χ4n) is 3.10. The van der Waals surface area contributed by atoms with Gasteiger partial charge < -0.3 is 9.47 Å². The summed E-state index contributed by atoms with van der Waals surface area (Å²) in [6.45, 7) is -0.457. The molecule has 10 heteroatoms. The predicted molar refractivity (Wildman–Crippen MR) is 131 cm³/mol. The Kier molecular flexibility index (Phi) is 8.64. The summed E-state index contributed by atoms with van der Waals surface area (Å²) in [7, 11) is -1.19. The number of nitrogens with one attached hydrogen (secondary N) is 1. The minimum Gasteiger partial charge on any atom is -0.493 e. The Balaban J connectivity index is 1.83. The van der Waals surface area contributed by atoms with Crippen LogP contribution in [-0.4, -0.2) is 45.6 Å². The molecule has 8 nitrogen and oxygen atoms in total. The first-order valence-electron chi connectivity index (χ1n) is 10.2. The molecule has 3 aromatic rings. The summed E-state index contributed by atoms with van der Waals surface area (Å²) < 4.78 is 38.4. The number of hydrazone groups is 1. The molecule has 0 saturated carbocycles. The van der Waals surface area contributed by atoms with E-state index in [-0.39, 0.29) is 17.2 Å². The number of sulfonamides is 1. The van der Waals surface area contributed by atoms with Crippen molar-refractivity contribution < 1.29 is 22.7 Å². The molecule has 0 fully saturated rings. The smallest absolute Gasteiger partial charge is 0.255 e. The van der Waals surface area contributed by atoms with Gasteiger partial charge in [0.25, 0.3) is 5.91 Å². The van der Waals surface area contributed by atoms with Gasteiger partial charge in [0.1, 0.15) is 0 Å². The van der Waals surface area contributed by atoms with Gasteiger partial charge in [0.05, 0.1) is 31.9 Å². The molecule has 0 spiro atoms. The fourth-order valence-corrected chi connectivity index (χ4v) is 4.70. The maximum atomic E-state index is 13.5. The third-order valence-electron chi connectivity index (χ3n) is 4.77. The molecular weight excluding hydrogens is 478 g/mol. The lowest BCUT2D eigenvalue weighted by Crippen LogP contribution is -2.39. The highest BCUT2D eigenvalue weighted by molar-refractivity contribution is 7.89. The molecule has 0 atom stereocenters. The van der Waals surface area contributed by atoms with Crippen molar-refractivity contribution >= 4 is 33.7 Å². The molecular formula is C24H24ClN3O5S. The van der Waals surface area contributed by atoms with Crippen LogP contribution in [0.4, 0.5) is 0 Å². The van der Waals surface area contributed by atoms with Crippen LogP contribution < -0.4 is 14.9 Å². The minimum absolute atomic E-state index is 0.0110. The molecule has 0 saturated heterocycles. The Hall–Kier alpha value is -3.40. The van der Waals surface area contributed by atoms with Gasteiger partial charge in [0, 0.05) is 17.6 Å². The SMILES string of the molecule is COc1ccc(S(=O)(=O)N(CC(=O)N/N=C\c2cccc(Cl)c2)Cc2ccccc2)cc1OC. The summed E-state index contributed by atoms with van der Waals surface area (Å²) in [6, 6.07) is 20.2. The quantitative estimate of drug-likeness (QED) is 0.337. The lowest BCUT2D eigenvalue weighted by Gasteiger charge is -2.22. The van der Waals surface area contributed by atoms with E-state index in [0.29, 0.717) is 16.3 Å². The van der Waals surface area contributed by atoms with Gasteiger partial charge in [-0.25, -0.2) is 13.8 Å². The lowest BCUT2D eigenvalue weighted by atomic mass is 10.2. The molecule has 0 aliphatic heterocycles. The molecule has 3 aromatic carbocycles. The van der Waals surface area contributed by atoms with E-state index in [1.54, 1.807) is 48.5 Å². The number of methoxy groups -OCH3 is 2. The number of benzene rings is 3. The van der Waals surface area contributed by atoms with Crippen molar-refractivity contribution in [3.8, 4) is 11.5 Å². The van der Waals surface area contributed by atoms with Crippen LogP contribution in [0.1, 0.15) is 11.1 Å². The molecule has 0 bridgehead atoms. The highest BCUT2D eigenvalue weighted by Gasteiger charge is 2.28. The summed E-state index contributed by atoms with van der Waals surface area (Å²) in [5.41, 5.74) is 3.78. The Morgan fingerprint density at radius 3 is 2.41 bits per heavy atom. The molecule has 1 N–H and O–H groups in total. The van der Waals surface area contributed by atoms with Crippen molar-refractivity contribution in [1.82, 2.24) is 9.73 Å². The first kappa shape index (κ1) is 25.2. The van der Waals surface area contributed by atoms with Gasteiger partial charge in [0.2, 0.25) is 10.0 Å². The van der Waals surface area contributed by atoms with E-state index in [2.05, 4.69) is 10.5 Å². The summed E-state index contributed by atoms with van der Waals surface area (Å²) in [5, 5.41) is 4.44. The normalized spacial score (nSPS) is 11.5. The van der Waals surface area contributed by atoms with E-state index in [1.165, 1.54) is 38.6 Å². The van der Waals surface area contributed by atoms with Crippen LogP contribution >= 0.6 is 11.6 Å². The minimum atomic E-state index is -4.07. The maximum absolute atomic E-state index is 13.5. The van der Waals surface area contributed by atoms with E-state index in [9.17, 15) is 13.2 Å². The molecule has 178 valence electrons. The molecule has 0 aliphatic carbocycles.